The molecule has 1 N–H and O–H groups in total. The van der Waals surface area contributed by atoms with E-state index in [0.717, 1.165) is 42.4 Å². The van der Waals surface area contributed by atoms with Crippen molar-refractivity contribution in [1.29, 1.82) is 0 Å². The summed E-state index contributed by atoms with van der Waals surface area (Å²) in [5, 5.41) is 10.5. The summed E-state index contributed by atoms with van der Waals surface area (Å²) in [7, 11) is 0. The van der Waals surface area contributed by atoms with E-state index in [9.17, 15) is 9.90 Å². The number of carbonyl (C=O) groups is 1. The van der Waals surface area contributed by atoms with Gasteiger partial charge in [0.15, 0.2) is 0 Å². The topological polar surface area (TPSA) is 46.5 Å². The van der Waals surface area contributed by atoms with Crippen LogP contribution in [0.1, 0.15) is 101 Å². The van der Waals surface area contributed by atoms with Gasteiger partial charge in [-0.3, -0.25) is 4.79 Å². The summed E-state index contributed by atoms with van der Waals surface area (Å²) in [5.41, 5.74) is 2.77. The number of benzene rings is 1. The van der Waals surface area contributed by atoms with Crippen LogP contribution >= 0.6 is 0 Å². The predicted octanol–water partition coefficient (Wildman–Crippen LogP) is 5.62. The van der Waals surface area contributed by atoms with Gasteiger partial charge in [-0.25, -0.2) is 0 Å². The minimum atomic E-state index is -0.303. The lowest BCUT2D eigenvalue weighted by Gasteiger charge is -2.24. The van der Waals surface area contributed by atoms with Crippen LogP contribution in [0.4, 0.5) is 0 Å². The average molecular weight is 332 g/mol. The van der Waals surface area contributed by atoms with Crippen molar-refractivity contribution in [3.05, 3.63) is 28.8 Å². The third-order valence-electron chi connectivity index (χ3n) is 5.12. The van der Waals surface area contributed by atoms with Gasteiger partial charge in [0.1, 0.15) is 11.9 Å². The second-order valence-electron chi connectivity index (χ2n) is 7.78. The summed E-state index contributed by atoms with van der Waals surface area (Å²) in [5.74, 6) is 0.351. The Hall–Kier alpha value is -1.51. The molecular weight excluding hydrogens is 300 g/mol. The molecule has 1 aromatic rings. The third kappa shape index (κ3) is 4.31. The first-order valence-corrected chi connectivity index (χ1v) is 9.38. The van der Waals surface area contributed by atoms with Gasteiger partial charge in [0.2, 0.25) is 0 Å². The molecule has 0 saturated heterocycles. The third-order valence-corrected chi connectivity index (χ3v) is 5.12. The first-order chi connectivity index (χ1) is 11.3. The maximum atomic E-state index is 12.6. The molecular formula is C21H32O3. The highest BCUT2D eigenvalue weighted by Crippen LogP contribution is 2.37. The van der Waals surface area contributed by atoms with Crippen molar-refractivity contribution >= 4 is 5.97 Å². The fourth-order valence-corrected chi connectivity index (χ4v) is 3.42. The van der Waals surface area contributed by atoms with Gasteiger partial charge >= 0.3 is 5.97 Å². The number of esters is 1. The Morgan fingerprint density at radius 3 is 1.96 bits per heavy atom. The molecule has 0 radical (unpaired) electrons. The molecule has 1 fully saturated rings. The lowest BCUT2D eigenvalue weighted by atomic mass is 9.88. The Morgan fingerprint density at radius 1 is 1.00 bits per heavy atom. The molecule has 1 saturated carbocycles. The highest BCUT2D eigenvalue weighted by atomic mass is 16.5. The van der Waals surface area contributed by atoms with Crippen molar-refractivity contribution in [1.82, 2.24) is 0 Å². The number of phenolic OH excluding ortho intramolecular Hbond substituents is 1. The molecule has 134 valence electrons. The summed E-state index contributed by atoms with van der Waals surface area (Å²) in [6.07, 6.45) is 5.61. The van der Waals surface area contributed by atoms with Crippen molar-refractivity contribution in [3.8, 4) is 5.75 Å². The fourth-order valence-electron chi connectivity index (χ4n) is 3.42. The van der Waals surface area contributed by atoms with Crippen molar-refractivity contribution in [3.63, 3.8) is 0 Å². The molecule has 1 aliphatic rings. The van der Waals surface area contributed by atoms with E-state index in [2.05, 4.69) is 27.7 Å². The molecule has 2 rings (SSSR count). The summed E-state index contributed by atoms with van der Waals surface area (Å²) < 4.78 is 5.74. The van der Waals surface area contributed by atoms with Crippen molar-refractivity contribution in [2.24, 2.45) is 0 Å². The standard InChI is InChI=1S/C21H32O3/c1-13(2)18-11-16(12-19(14(3)4)20(18)22)15(5)21(23)24-17-9-7-6-8-10-17/h11-15,17,22H,6-10H2,1-5H3. The maximum absolute atomic E-state index is 12.6. The molecule has 1 aliphatic carbocycles. The Labute approximate surface area is 146 Å². The van der Waals surface area contributed by atoms with Gasteiger partial charge < -0.3 is 9.84 Å². The zero-order chi connectivity index (χ0) is 17.9. The predicted molar refractivity (Wildman–Crippen MR) is 97.7 cm³/mol. The number of phenols is 1. The van der Waals surface area contributed by atoms with Crippen LogP contribution in [0.15, 0.2) is 12.1 Å². The molecule has 0 amide bonds. The van der Waals surface area contributed by atoms with E-state index in [4.69, 9.17) is 4.74 Å². The Bertz CT molecular complexity index is 539. The van der Waals surface area contributed by atoms with Crippen molar-refractivity contribution < 1.29 is 14.6 Å². The minimum Gasteiger partial charge on any atom is -0.507 e. The zero-order valence-corrected chi connectivity index (χ0v) is 15.8. The monoisotopic (exact) mass is 332 g/mol. The van der Waals surface area contributed by atoms with E-state index in [1.807, 2.05) is 19.1 Å². The largest absolute Gasteiger partial charge is 0.507 e. The van der Waals surface area contributed by atoms with E-state index in [1.165, 1.54) is 6.42 Å². The number of rotatable bonds is 5. The summed E-state index contributed by atoms with van der Waals surface area (Å²) in [4.78, 5) is 12.6. The molecule has 0 aromatic heterocycles. The zero-order valence-electron chi connectivity index (χ0n) is 15.8. The highest BCUT2D eigenvalue weighted by molar-refractivity contribution is 5.78. The first-order valence-electron chi connectivity index (χ1n) is 9.38. The van der Waals surface area contributed by atoms with Crippen LogP contribution in [0.3, 0.4) is 0 Å². The van der Waals surface area contributed by atoms with E-state index in [0.29, 0.717) is 5.75 Å². The molecule has 24 heavy (non-hydrogen) atoms. The smallest absolute Gasteiger partial charge is 0.313 e. The number of hydrogen-bond acceptors (Lipinski definition) is 3. The van der Waals surface area contributed by atoms with Crippen LogP contribution in [0, 0.1) is 0 Å². The minimum absolute atomic E-state index is 0.0833. The normalized spacial score (nSPS) is 17.3. The van der Waals surface area contributed by atoms with Gasteiger partial charge in [0, 0.05) is 0 Å². The quantitative estimate of drug-likeness (QED) is 0.712. The molecule has 1 unspecified atom stereocenters. The molecule has 0 bridgehead atoms. The summed E-state index contributed by atoms with van der Waals surface area (Å²) in [6.45, 7) is 10.2. The number of ether oxygens (including phenoxy) is 1. The highest BCUT2D eigenvalue weighted by Gasteiger charge is 2.25. The molecule has 1 aromatic carbocycles. The van der Waals surface area contributed by atoms with Gasteiger partial charge in [-0.1, -0.05) is 46.2 Å². The average Bonchev–Trinajstić information content (AvgIpc) is 2.54. The molecule has 0 heterocycles. The molecule has 3 heteroatoms. The van der Waals surface area contributed by atoms with Crippen LogP contribution in [0.25, 0.3) is 0 Å². The summed E-state index contributed by atoms with van der Waals surface area (Å²) in [6, 6.07) is 3.94. The number of aromatic hydroxyl groups is 1. The van der Waals surface area contributed by atoms with Crippen LogP contribution in [-0.2, 0) is 9.53 Å². The van der Waals surface area contributed by atoms with Crippen LogP contribution in [0.2, 0.25) is 0 Å². The Kier molecular flexibility index (Phi) is 6.31. The van der Waals surface area contributed by atoms with Gasteiger partial charge in [-0.2, -0.15) is 0 Å². The fraction of sp³-hybridized carbons (Fsp3) is 0.667. The second kappa shape index (κ2) is 8.04. The van der Waals surface area contributed by atoms with Gasteiger partial charge in [0.25, 0.3) is 0 Å². The van der Waals surface area contributed by atoms with E-state index >= 15 is 0 Å². The molecule has 0 spiro atoms. The van der Waals surface area contributed by atoms with Gasteiger partial charge in [0.05, 0.1) is 5.92 Å². The SMILES string of the molecule is CC(C)c1cc(C(C)C(=O)OC2CCCCC2)cc(C(C)C)c1O. The van der Waals surface area contributed by atoms with E-state index in [1.54, 1.807) is 0 Å². The van der Waals surface area contributed by atoms with Crippen LogP contribution in [0.5, 0.6) is 5.75 Å². The molecule has 1 atom stereocenters. The van der Waals surface area contributed by atoms with E-state index < -0.39 is 0 Å². The lowest BCUT2D eigenvalue weighted by molar-refractivity contribution is -0.151. The molecule has 0 aliphatic heterocycles. The molecule has 3 nitrogen and oxygen atoms in total. The maximum Gasteiger partial charge on any atom is 0.313 e. The van der Waals surface area contributed by atoms with Crippen LogP contribution in [-0.4, -0.2) is 17.2 Å². The first kappa shape index (κ1) is 18.8. The van der Waals surface area contributed by atoms with Crippen molar-refractivity contribution in [2.45, 2.75) is 90.6 Å². The van der Waals surface area contributed by atoms with Gasteiger partial charge in [-0.15, -0.1) is 0 Å². The van der Waals surface area contributed by atoms with E-state index in [-0.39, 0.29) is 29.8 Å². The van der Waals surface area contributed by atoms with Gasteiger partial charge in [-0.05, 0) is 61.1 Å². The number of carbonyl (C=O) groups excluding carboxylic acids is 1. The number of hydrogen-bond donors (Lipinski definition) is 1. The summed E-state index contributed by atoms with van der Waals surface area (Å²) >= 11 is 0. The Balaban J connectivity index is 2.24. The second-order valence-corrected chi connectivity index (χ2v) is 7.78. The Morgan fingerprint density at radius 2 is 1.50 bits per heavy atom. The van der Waals surface area contributed by atoms with Crippen LogP contribution < -0.4 is 0 Å². The van der Waals surface area contributed by atoms with Crippen molar-refractivity contribution in [2.75, 3.05) is 0 Å². The lowest BCUT2D eigenvalue weighted by Crippen LogP contribution is -2.24.